The Bertz CT molecular complexity index is 503. The number of aliphatic hydroxyl groups is 1. The zero-order valence-electron chi connectivity index (χ0n) is 11.3. The molecule has 104 valence electrons. The summed E-state index contributed by atoms with van der Waals surface area (Å²) in [5, 5.41) is 9.11. The second kappa shape index (κ2) is 5.69. The van der Waals surface area contributed by atoms with Crippen LogP contribution in [-0.2, 0) is 16.6 Å². The van der Waals surface area contributed by atoms with Crippen LogP contribution in [-0.4, -0.2) is 19.1 Å². The van der Waals surface area contributed by atoms with Crippen molar-refractivity contribution in [1.82, 2.24) is 4.72 Å². The Kier molecular flexibility index (Phi) is 4.94. The minimum absolute atomic E-state index is 0.121. The maximum atomic E-state index is 12.2. The van der Waals surface area contributed by atoms with Crippen LogP contribution >= 0.6 is 11.3 Å². The highest BCUT2D eigenvalue weighted by atomic mass is 32.2. The zero-order valence-corrected chi connectivity index (χ0v) is 12.9. The Morgan fingerprint density at radius 2 is 2.06 bits per heavy atom. The molecule has 0 bridgehead atoms. The van der Waals surface area contributed by atoms with E-state index < -0.39 is 15.6 Å². The summed E-state index contributed by atoms with van der Waals surface area (Å²) in [5.41, 5.74) is 0.362. The minimum atomic E-state index is -3.49. The largest absolute Gasteiger partial charge is 0.391 e. The molecule has 0 aliphatic rings. The number of aliphatic hydroxyl groups excluding tert-OH is 1. The molecule has 0 fully saturated rings. The molecule has 4 nitrogen and oxygen atoms in total. The summed E-state index contributed by atoms with van der Waals surface area (Å²) in [4.78, 5) is 0.698. The van der Waals surface area contributed by atoms with Crippen LogP contribution < -0.4 is 4.72 Å². The minimum Gasteiger partial charge on any atom is -0.391 e. The van der Waals surface area contributed by atoms with Gasteiger partial charge in [-0.1, -0.05) is 13.3 Å². The molecule has 0 amide bonds. The van der Waals surface area contributed by atoms with Gasteiger partial charge in [0.1, 0.15) is 4.21 Å². The van der Waals surface area contributed by atoms with Crippen molar-refractivity contribution >= 4 is 21.4 Å². The second-order valence-electron chi connectivity index (χ2n) is 5.07. The average molecular weight is 291 g/mol. The highest BCUT2D eigenvalue weighted by Crippen LogP contribution is 2.27. The molecule has 0 saturated heterocycles. The van der Waals surface area contributed by atoms with Crippen LogP contribution in [0.2, 0.25) is 0 Å². The van der Waals surface area contributed by atoms with Crippen LogP contribution in [0.1, 0.15) is 44.1 Å². The lowest BCUT2D eigenvalue weighted by molar-refractivity contribution is 0.285. The molecular formula is C12H21NO3S2. The van der Waals surface area contributed by atoms with Gasteiger partial charge in [-0.2, -0.15) is 0 Å². The van der Waals surface area contributed by atoms with Crippen molar-refractivity contribution < 1.29 is 13.5 Å². The van der Waals surface area contributed by atoms with Gasteiger partial charge < -0.3 is 5.11 Å². The molecule has 0 radical (unpaired) electrons. The van der Waals surface area contributed by atoms with Crippen molar-refractivity contribution in [3.05, 3.63) is 16.5 Å². The first-order valence-electron chi connectivity index (χ1n) is 5.96. The summed E-state index contributed by atoms with van der Waals surface area (Å²) in [6.07, 6.45) is 1.70. The molecular weight excluding hydrogens is 270 g/mol. The van der Waals surface area contributed by atoms with Gasteiger partial charge in [0.05, 0.1) is 6.61 Å². The SMILES string of the molecule is CCCC(C)(C)NS(=O)(=O)c1cc(C)c(CO)s1. The maximum Gasteiger partial charge on any atom is 0.250 e. The van der Waals surface area contributed by atoms with Crippen molar-refractivity contribution in [3.63, 3.8) is 0 Å². The van der Waals surface area contributed by atoms with Crippen molar-refractivity contribution in [2.45, 2.75) is 56.9 Å². The van der Waals surface area contributed by atoms with Crippen molar-refractivity contribution in [3.8, 4) is 0 Å². The molecule has 0 aromatic carbocycles. The van der Waals surface area contributed by atoms with E-state index in [-0.39, 0.29) is 10.8 Å². The third kappa shape index (κ3) is 3.78. The van der Waals surface area contributed by atoms with Gasteiger partial charge in [-0.25, -0.2) is 13.1 Å². The van der Waals surface area contributed by atoms with E-state index in [2.05, 4.69) is 4.72 Å². The lowest BCUT2D eigenvalue weighted by Crippen LogP contribution is -2.42. The summed E-state index contributed by atoms with van der Waals surface area (Å²) >= 11 is 1.12. The third-order valence-corrected chi connectivity index (χ3v) is 6.09. The van der Waals surface area contributed by atoms with E-state index >= 15 is 0 Å². The fourth-order valence-corrected chi connectivity index (χ4v) is 4.76. The number of sulfonamides is 1. The summed E-state index contributed by atoms with van der Waals surface area (Å²) in [6, 6.07) is 1.61. The second-order valence-corrected chi connectivity index (χ2v) is 8.12. The normalized spacial score (nSPS) is 12.9. The predicted octanol–water partition coefficient (Wildman–Crippen LogP) is 2.41. The number of hydrogen-bond acceptors (Lipinski definition) is 4. The molecule has 6 heteroatoms. The fourth-order valence-electron chi connectivity index (χ4n) is 1.87. The molecule has 1 aromatic heterocycles. The molecule has 18 heavy (non-hydrogen) atoms. The van der Waals surface area contributed by atoms with Crippen LogP contribution in [0.5, 0.6) is 0 Å². The molecule has 1 aromatic rings. The lowest BCUT2D eigenvalue weighted by atomic mass is 10.0. The fraction of sp³-hybridized carbons (Fsp3) is 0.667. The number of aryl methyl sites for hydroxylation is 1. The first-order valence-corrected chi connectivity index (χ1v) is 8.26. The van der Waals surface area contributed by atoms with E-state index in [1.54, 1.807) is 13.0 Å². The van der Waals surface area contributed by atoms with Crippen molar-refractivity contribution in [2.24, 2.45) is 0 Å². The topological polar surface area (TPSA) is 66.4 Å². The molecule has 0 unspecified atom stereocenters. The van der Waals surface area contributed by atoms with E-state index in [1.165, 1.54) is 0 Å². The van der Waals surface area contributed by atoms with Crippen LogP contribution in [0, 0.1) is 6.92 Å². The van der Waals surface area contributed by atoms with E-state index in [0.717, 1.165) is 29.7 Å². The lowest BCUT2D eigenvalue weighted by Gasteiger charge is -2.24. The molecule has 0 atom stereocenters. The van der Waals surface area contributed by atoms with Gasteiger partial charge in [0.2, 0.25) is 0 Å². The maximum absolute atomic E-state index is 12.2. The van der Waals surface area contributed by atoms with Crippen LogP contribution in [0.4, 0.5) is 0 Å². The Morgan fingerprint density at radius 1 is 1.44 bits per heavy atom. The zero-order chi connectivity index (χ0) is 14.0. The van der Waals surface area contributed by atoms with E-state index in [9.17, 15) is 8.42 Å². The summed E-state index contributed by atoms with van der Waals surface area (Å²) in [6.45, 7) is 7.46. The summed E-state index contributed by atoms with van der Waals surface area (Å²) < 4.78 is 27.4. The van der Waals surface area contributed by atoms with Gasteiger partial charge >= 0.3 is 0 Å². The monoisotopic (exact) mass is 291 g/mol. The number of nitrogens with one attached hydrogen (secondary N) is 1. The van der Waals surface area contributed by atoms with E-state index in [0.29, 0.717) is 4.88 Å². The Hall–Kier alpha value is -0.430. The Labute approximate surface area is 113 Å². The molecule has 0 aliphatic heterocycles. The third-order valence-electron chi connectivity index (χ3n) is 2.69. The first kappa shape index (κ1) is 15.6. The van der Waals surface area contributed by atoms with Gasteiger partial charge in [0, 0.05) is 10.4 Å². The van der Waals surface area contributed by atoms with Crippen LogP contribution in [0.3, 0.4) is 0 Å². The predicted molar refractivity (Wildman–Crippen MR) is 74.3 cm³/mol. The molecule has 0 saturated carbocycles. The van der Waals surface area contributed by atoms with Crippen molar-refractivity contribution in [1.29, 1.82) is 0 Å². The molecule has 1 rings (SSSR count). The number of hydrogen-bond donors (Lipinski definition) is 2. The van der Waals surface area contributed by atoms with Crippen molar-refractivity contribution in [2.75, 3.05) is 0 Å². The van der Waals surface area contributed by atoms with Crippen LogP contribution in [0.15, 0.2) is 10.3 Å². The molecule has 2 N–H and O–H groups in total. The molecule has 0 aliphatic carbocycles. The van der Waals surface area contributed by atoms with Gasteiger partial charge in [-0.15, -0.1) is 11.3 Å². The summed E-state index contributed by atoms with van der Waals surface area (Å²) in [5.74, 6) is 0. The number of rotatable bonds is 6. The highest BCUT2D eigenvalue weighted by molar-refractivity contribution is 7.91. The van der Waals surface area contributed by atoms with Gasteiger partial charge in [0.15, 0.2) is 0 Å². The first-order chi connectivity index (χ1) is 8.22. The Balaban J connectivity index is 2.99. The summed E-state index contributed by atoms with van der Waals surface area (Å²) in [7, 11) is -3.49. The standard InChI is InChI=1S/C12H21NO3S2/c1-5-6-12(3,4)13-18(15,16)11-7-9(2)10(8-14)17-11/h7,13-14H,5-6,8H2,1-4H3. The van der Waals surface area contributed by atoms with E-state index in [1.807, 2.05) is 20.8 Å². The van der Waals surface area contributed by atoms with Gasteiger partial charge in [-0.3, -0.25) is 0 Å². The number of thiophene rings is 1. The quantitative estimate of drug-likeness (QED) is 0.846. The van der Waals surface area contributed by atoms with Gasteiger partial charge in [0.25, 0.3) is 10.0 Å². The van der Waals surface area contributed by atoms with Crippen LogP contribution in [0.25, 0.3) is 0 Å². The smallest absolute Gasteiger partial charge is 0.250 e. The highest BCUT2D eigenvalue weighted by Gasteiger charge is 2.27. The van der Waals surface area contributed by atoms with E-state index in [4.69, 9.17) is 5.11 Å². The average Bonchev–Trinajstić information content (AvgIpc) is 2.58. The molecule has 1 heterocycles. The molecule has 0 spiro atoms. The van der Waals surface area contributed by atoms with Gasteiger partial charge in [-0.05, 0) is 38.8 Å². The Morgan fingerprint density at radius 3 is 2.50 bits per heavy atom.